The lowest BCUT2D eigenvalue weighted by Crippen LogP contribution is -2.49. The zero-order valence-corrected chi connectivity index (χ0v) is 12.8. The molecule has 0 bridgehead atoms. The molecule has 1 N–H and O–H groups in total. The minimum Gasteiger partial charge on any atom is -0.395 e. The standard InChI is InChI=1S/C19H22N2O/c22-12-11-20-9-10-21-18-8-4-2-6-16(18)13-15-5-1-3-7-17(15)19(21)14-20/h1-8,19,22H,9-14H2. The number of anilines is 1. The first-order chi connectivity index (χ1) is 10.9. The SMILES string of the molecule is OCCN1CCN2c3ccccc3Cc3ccccc3C2C1. The molecule has 2 aliphatic heterocycles. The summed E-state index contributed by atoms with van der Waals surface area (Å²) in [6, 6.07) is 18.0. The van der Waals surface area contributed by atoms with Crippen molar-refractivity contribution in [3.05, 3.63) is 65.2 Å². The molecule has 1 saturated heterocycles. The van der Waals surface area contributed by atoms with E-state index < -0.39 is 0 Å². The van der Waals surface area contributed by atoms with Gasteiger partial charge in [0.05, 0.1) is 12.6 Å². The van der Waals surface area contributed by atoms with Crippen molar-refractivity contribution in [2.75, 3.05) is 37.7 Å². The Bertz CT molecular complexity index is 670. The van der Waals surface area contributed by atoms with E-state index >= 15 is 0 Å². The van der Waals surface area contributed by atoms with E-state index in [1.807, 2.05) is 0 Å². The van der Waals surface area contributed by atoms with Crippen LogP contribution in [0.15, 0.2) is 48.5 Å². The molecule has 0 radical (unpaired) electrons. The zero-order chi connectivity index (χ0) is 14.9. The zero-order valence-electron chi connectivity index (χ0n) is 12.8. The highest BCUT2D eigenvalue weighted by Gasteiger charge is 2.32. The van der Waals surface area contributed by atoms with Gasteiger partial charge >= 0.3 is 0 Å². The monoisotopic (exact) mass is 294 g/mol. The van der Waals surface area contributed by atoms with Crippen LogP contribution in [0.1, 0.15) is 22.7 Å². The third-order valence-electron chi connectivity index (χ3n) is 4.98. The molecular weight excluding hydrogens is 272 g/mol. The number of fused-ring (bicyclic) bond motifs is 5. The fraction of sp³-hybridized carbons (Fsp3) is 0.368. The number of piperazine rings is 1. The maximum absolute atomic E-state index is 9.27. The van der Waals surface area contributed by atoms with Gasteiger partial charge in [0, 0.05) is 31.9 Å². The number of nitrogens with zero attached hydrogens (tertiary/aromatic N) is 2. The van der Waals surface area contributed by atoms with Crippen LogP contribution in [-0.2, 0) is 6.42 Å². The molecular formula is C19H22N2O. The van der Waals surface area contributed by atoms with Crippen molar-refractivity contribution >= 4 is 5.69 Å². The van der Waals surface area contributed by atoms with Crippen molar-refractivity contribution in [2.45, 2.75) is 12.5 Å². The van der Waals surface area contributed by atoms with Crippen molar-refractivity contribution in [3.8, 4) is 0 Å². The van der Waals surface area contributed by atoms with Gasteiger partial charge in [-0.25, -0.2) is 0 Å². The fourth-order valence-corrected chi connectivity index (χ4v) is 3.90. The Labute approximate surface area is 131 Å². The van der Waals surface area contributed by atoms with Crippen molar-refractivity contribution in [1.82, 2.24) is 4.90 Å². The summed E-state index contributed by atoms with van der Waals surface area (Å²) in [6.45, 7) is 4.05. The van der Waals surface area contributed by atoms with Crippen LogP contribution in [0.4, 0.5) is 5.69 Å². The first-order valence-corrected chi connectivity index (χ1v) is 8.12. The van der Waals surface area contributed by atoms with Gasteiger partial charge in [-0.15, -0.1) is 0 Å². The van der Waals surface area contributed by atoms with Crippen LogP contribution in [0.25, 0.3) is 0 Å². The Balaban J connectivity index is 1.80. The Morgan fingerprint density at radius 1 is 0.955 bits per heavy atom. The summed E-state index contributed by atoms with van der Waals surface area (Å²) in [5.41, 5.74) is 5.69. The average molecular weight is 294 g/mol. The Kier molecular flexibility index (Phi) is 3.60. The van der Waals surface area contributed by atoms with Crippen molar-refractivity contribution < 1.29 is 5.11 Å². The number of para-hydroxylation sites is 1. The van der Waals surface area contributed by atoms with E-state index in [-0.39, 0.29) is 6.61 Å². The van der Waals surface area contributed by atoms with Gasteiger partial charge in [0.2, 0.25) is 0 Å². The van der Waals surface area contributed by atoms with Crippen LogP contribution in [0.3, 0.4) is 0 Å². The van der Waals surface area contributed by atoms with Gasteiger partial charge in [-0.3, -0.25) is 4.90 Å². The van der Waals surface area contributed by atoms with Gasteiger partial charge in [0.15, 0.2) is 0 Å². The van der Waals surface area contributed by atoms with E-state index in [1.54, 1.807) is 0 Å². The minimum atomic E-state index is 0.241. The lowest BCUT2D eigenvalue weighted by Gasteiger charge is -2.43. The van der Waals surface area contributed by atoms with Crippen LogP contribution in [0, 0.1) is 0 Å². The van der Waals surface area contributed by atoms with Crippen LogP contribution >= 0.6 is 0 Å². The molecule has 1 unspecified atom stereocenters. The molecule has 0 amide bonds. The number of β-amino-alcohol motifs (C(OH)–C–C–N with tert-alkyl or cyclic N) is 1. The molecule has 4 rings (SSSR count). The number of aliphatic hydroxyl groups is 1. The lowest BCUT2D eigenvalue weighted by atomic mass is 9.96. The highest BCUT2D eigenvalue weighted by molar-refractivity contribution is 5.60. The molecule has 3 heteroatoms. The summed E-state index contributed by atoms with van der Waals surface area (Å²) in [5, 5.41) is 9.27. The molecule has 0 saturated carbocycles. The summed E-state index contributed by atoms with van der Waals surface area (Å²) in [4.78, 5) is 4.95. The second-order valence-electron chi connectivity index (χ2n) is 6.24. The molecule has 2 aromatic carbocycles. The van der Waals surface area contributed by atoms with E-state index in [2.05, 4.69) is 58.3 Å². The smallest absolute Gasteiger partial charge is 0.0672 e. The van der Waals surface area contributed by atoms with Crippen LogP contribution in [-0.4, -0.2) is 42.8 Å². The fourth-order valence-electron chi connectivity index (χ4n) is 3.90. The van der Waals surface area contributed by atoms with E-state index in [1.165, 1.54) is 22.4 Å². The molecule has 22 heavy (non-hydrogen) atoms. The van der Waals surface area contributed by atoms with Gasteiger partial charge < -0.3 is 10.0 Å². The molecule has 3 nitrogen and oxygen atoms in total. The van der Waals surface area contributed by atoms with Gasteiger partial charge in [0.25, 0.3) is 0 Å². The topological polar surface area (TPSA) is 26.7 Å². The Hall–Kier alpha value is -1.84. The number of benzene rings is 2. The maximum atomic E-state index is 9.27. The highest BCUT2D eigenvalue weighted by atomic mass is 16.3. The molecule has 1 atom stereocenters. The van der Waals surface area contributed by atoms with Gasteiger partial charge in [-0.05, 0) is 29.2 Å². The first kappa shape index (κ1) is 13.8. The lowest BCUT2D eigenvalue weighted by molar-refractivity contribution is 0.171. The summed E-state index contributed by atoms with van der Waals surface area (Å²) < 4.78 is 0. The van der Waals surface area contributed by atoms with Crippen LogP contribution < -0.4 is 4.90 Å². The predicted octanol–water partition coefficient (Wildman–Crippen LogP) is 2.45. The van der Waals surface area contributed by atoms with E-state index in [0.29, 0.717) is 6.04 Å². The van der Waals surface area contributed by atoms with Crippen molar-refractivity contribution in [1.29, 1.82) is 0 Å². The number of rotatable bonds is 2. The molecule has 0 aromatic heterocycles. The van der Waals surface area contributed by atoms with Gasteiger partial charge in [-0.1, -0.05) is 42.5 Å². The summed E-state index contributed by atoms with van der Waals surface area (Å²) in [5.74, 6) is 0. The molecule has 1 fully saturated rings. The average Bonchev–Trinajstić information content (AvgIpc) is 2.69. The largest absolute Gasteiger partial charge is 0.395 e. The summed E-state index contributed by atoms with van der Waals surface area (Å²) >= 11 is 0. The van der Waals surface area contributed by atoms with Gasteiger partial charge in [-0.2, -0.15) is 0 Å². The third-order valence-corrected chi connectivity index (χ3v) is 4.98. The number of hydrogen-bond donors (Lipinski definition) is 1. The van der Waals surface area contributed by atoms with E-state index in [9.17, 15) is 5.11 Å². The van der Waals surface area contributed by atoms with Crippen molar-refractivity contribution in [2.24, 2.45) is 0 Å². The van der Waals surface area contributed by atoms with Crippen LogP contribution in [0.2, 0.25) is 0 Å². The Morgan fingerprint density at radius 2 is 1.73 bits per heavy atom. The highest BCUT2D eigenvalue weighted by Crippen LogP contribution is 2.38. The molecule has 2 heterocycles. The molecule has 0 spiro atoms. The van der Waals surface area contributed by atoms with Crippen LogP contribution in [0.5, 0.6) is 0 Å². The Morgan fingerprint density at radius 3 is 2.59 bits per heavy atom. The maximum Gasteiger partial charge on any atom is 0.0672 e. The molecule has 114 valence electrons. The third kappa shape index (κ3) is 2.31. The second-order valence-corrected chi connectivity index (χ2v) is 6.24. The molecule has 0 aliphatic carbocycles. The number of hydrogen-bond acceptors (Lipinski definition) is 3. The summed E-state index contributed by atoms with van der Waals surface area (Å²) in [7, 11) is 0. The van der Waals surface area contributed by atoms with Gasteiger partial charge in [0.1, 0.15) is 0 Å². The predicted molar refractivity (Wildman–Crippen MR) is 89.3 cm³/mol. The second kappa shape index (κ2) is 5.75. The molecule has 2 aliphatic rings. The van der Waals surface area contributed by atoms with Crippen molar-refractivity contribution in [3.63, 3.8) is 0 Å². The normalized spacial score (nSPS) is 20.8. The summed E-state index contributed by atoms with van der Waals surface area (Å²) in [6.07, 6.45) is 1.01. The van der Waals surface area contributed by atoms with E-state index in [0.717, 1.165) is 32.6 Å². The number of aliphatic hydroxyl groups excluding tert-OH is 1. The van der Waals surface area contributed by atoms with E-state index in [4.69, 9.17) is 0 Å². The quantitative estimate of drug-likeness (QED) is 0.921. The first-order valence-electron chi connectivity index (χ1n) is 8.12. The minimum absolute atomic E-state index is 0.241. The molecule has 2 aromatic rings.